The zero-order chi connectivity index (χ0) is 21.4. The van der Waals surface area contributed by atoms with Gasteiger partial charge in [-0.2, -0.15) is 0 Å². The maximum atomic E-state index is 13.3. The summed E-state index contributed by atoms with van der Waals surface area (Å²) in [5, 5.41) is 2.90. The summed E-state index contributed by atoms with van der Waals surface area (Å²) in [5.74, 6) is 0.525. The number of ether oxygens (including phenoxy) is 1. The van der Waals surface area contributed by atoms with Crippen molar-refractivity contribution in [3.63, 3.8) is 0 Å². The molecule has 0 unspecified atom stereocenters. The highest BCUT2D eigenvalue weighted by Gasteiger charge is 2.26. The predicted octanol–water partition coefficient (Wildman–Crippen LogP) is 3.80. The average molecular weight is 397 g/mol. The first-order valence-electron chi connectivity index (χ1n) is 10.1. The van der Waals surface area contributed by atoms with E-state index in [1.54, 1.807) is 18.9 Å². The van der Waals surface area contributed by atoms with Crippen LogP contribution >= 0.6 is 0 Å². The molecule has 0 bridgehead atoms. The van der Waals surface area contributed by atoms with Crippen LogP contribution in [0.1, 0.15) is 42.5 Å². The molecule has 156 valence electrons. The lowest BCUT2D eigenvalue weighted by molar-refractivity contribution is -0.140. The second-order valence-electron chi connectivity index (χ2n) is 7.45. The zero-order valence-electron chi connectivity index (χ0n) is 18.1. The Labute approximate surface area is 174 Å². The van der Waals surface area contributed by atoms with Gasteiger partial charge in [-0.05, 0) is 56.0 Å². The van der Waals surface area contributed by atoms with E-state index >= 15 is 0 Å². The maximum absolute atomic E-state index is 13.3. The minimum Gasteiger partial charge on any atom is -0.497 e. The van der Waals surface area contributed by atoms with E-state index in [4.69, 9.17) is 4.74 Å². The number of benzene rings is 2. The van der Waals surface area contributed by atoms with Crippen LogP contribution in [0, 0.1) is 13.8 Å². The SMILES string of the molecule is CCCNC(=O)[C@@H](C)N(Cc1cccc(OC)c1)C(=O)Cc1cc(C)ccc1C. The normalized spacial score (nSPS) is 11.6. The fourth-order valence-electron chi connectivity index (χ4n) is 3.20. The third-order valence-corrected chi connectivity index (χ3v) is 5.05. The van der Waals surface area contributed by atoms with Gasteiger partial charge in [0.15, 0.2) is 0 Å². The van der Waals surface area contributed by atoms with Gasteiger partial charge in [-0.15, -0.1) is 0 Å². The van der Waals surface area contributed by atoms with Crippen LogP contribution in [0.2, 0.25) is 0 Å². The molecule has 0 heterocycles. The summed E-state index contributed by atoms with van der Waals surface area (Å²) < 4.78 is 5.30. The van der Waals surface area contributed by atoms with Crippen LogP contribution in [0.15, 0.2) is 42.5 Å². The molecule has 0 radical (unpaired) electrons. The summed E-state index contributed by atoms with van der Waals surface area (Å²) in [7, 11) is 1.61. The number of aryl methyl sites for hydroxylation is 2. The number of carbonyl (C=O) groups excluding carboxylic acids is 2. The van der Waals surface area contributed by atoms with Crippen molar-refractivity contribution in [2.24, 2.45) is 0 Å². The van der Waals surface area contributed by atoms with E-state index in [2.05, 4.69) is 5.32 Å². The number of amides is 2. The third-order valence-electron chi connectivity index (χ3n) is 5.05. The lowest BCUT2D eigenvalue weighted by Crippen LogP contribution is -2.48. The Balaban J connectivity index is 2.27. The minimum absolute atomic E-state index is 0.0688. The van der Waals surface area contributed by atoms with Crippen LogP contribution in [-0.2, 0) is 22.6 Å². The van der Waals surface area contributed by atoms with Crippen LogP contribution in [0.4, 0.5) is 0 Å². The molecule has 0 aliphatic heterocycles. The molecule has 1 atom stereocenters. The highest BCUT2D eigenvalue weighted by Crippen LogP contribution is 2.18. The molecule has 29 heavy (non-hydrogen) atoms. The number of methoxy groups -OCH3 is 1. The molecule has 1 N–H and O–H groups in total. The molecule has 5 heteroatoms. The van der Waals surface area contributed by atoms with Gasteiger partial charge in [-0.3, -0.25) is 9.59 Å². The Kier molecular flexibility index (Phi) is 8.25. The van der Waals surface area contributed by atoms with Gasteiger partial charge in [0, 0.05) is 13.1 Å². The summed E-state index contributed by atoms with van der Waals surface area (Å²) in [4.78, 5) is 27.5. The number of nitrogens with one attached hydrogen (secondary N) is 1. The van der Waals surface area contributed by atoms with Crippen molar-refractivity contribution in [3.8, 4) is 5.75 Å². The maximum Gasteiger partial charge on any atom is 0.242 e. The van der Waals surface area contributed by atoms with Crippen LogP contribution in [0.25, 0.3) is 0 Å². The van der Waals surface area contributed by atoms with Crippen molar-refractivity contribution in [3.05, 3.63) is 64.7 Å². The quantitative estimate of drug-likeness (QED) is 0.701. The van der Waals surface area contributed by atoms with E-state index in [0.717, 1.165) is 34.4 Å². The topological polar surface area (TPSA) is 58.6 Å². The summed E-state index contributed by atoms with van der Waals surface area (Å²) in [5.41, 5.74) is 4.11. The first kappa shape index (κ1) is 22.5. The van der Waals surface area contributed by atoms with Crippen LogP contribution in [0.3, 0.4) is 0 Å². The molecule has 5 nitrogen and oxygen atoms in total. The van der Waals surface area contributed by atoms with Gasteiger partial charge in [-0.25, -0.2) is 0 Å². The van der Waals surface area contributed by atoms with Crippen molar-refractivity contribution in [1.29, 1.82) is 0 Å². The molecule has 0 saturated carbocycles. The second-order valence-corrected chi connectivity index (χ2v) is 7.45. The monoisotopic (exact) mass is 396 g/mol. The lowest BCUT2D eigenvalue weighted by Gasteiger charge is -2.29. The van der Waals surface area contributed by atoms with E-state index in [0.29, 0.717) is 13.1 Å². The van der Waals surface area contributed by atoms with Crippen molar-refractivity contribution in [2.75, 3.05) is 13.7 Å². The van der Waals surface area contributed by atoms with E-state index < -0.39 is 6.04 Å². The smallest absolute Gasteiger partial charge is 0.242 e. The highest BCUT2D eigenvalue weighted by molar-refractivity contribution is 5.88. The Hall–Kier alpha value is -2.82. The van der Waals surface area contributed by atoms with Gasteiger partial charge in [0.1, 0.15) is 11.8 Å². The van der Waals surface area contributed by atoms with Crippen LogP contribution in [0.5, 0.6) is 5.75 Å². The fraction of sp³-hybridized carbons (Fsp3) is 0.417. The van der Waals surface area contributed by atoms with Crippen molar-refractivity contribution in [2.45, 2.75) is 53.1 Å². The Bertz CT molecular complexity index is 848. The molecule has 0 aliphatic carbocycles. The Morgan fingerprint density at radius 1 is 1.14 bits per heavy atom. The predicted molar refractivity (Wildman–Crippen MR) is 116 cm³/mol. The molecule has 2 aromatic rings. The van der Waals surface area contributed by atoms with Gasteiger partial charge in [0.05, 0.1) is 13.5 Å². The minimum atomic E-state index is -0.564. The molecular weight excluding hydrogens is 364 g/mol. The molecule has 0 fully saturated rings. The molecular formula is C24H32N2O3. The number of hydrogen-bond donors (Lipinski definition) is 1. The van der Waals surface area contributed by atoms with Gasteiger partial charge in [0.25, 0.3) is 0 Å². The molecule has 2 amide bonds. The van der Waals surface area contributed by atoms with Crippen LogP contribution in [-0.4, -0.2) is 36.4 Å². The Morgan fingerprint density at radius 2 is 1.90 bits per heavy atom. The first-order chi connectivity index (χ1) is 13.8. The summed E-state index contributed by atoms with van der Waals surface area (Å²) in [6.07, 6.45) is 1.12. The number of carbonyl (C=O) groups is 2. The third kappa shape index (κ3) is 6.34. The molecule has 0 saturated heterocycles. The standard InChI is InChI=1S/C24H32N2O3/c1-6-12-25-24(28)19(4)26(16-20-8-7-9-22(14-20)29-5)23(27)15-21-13-17(2)10-11-18(21)3/h7-11,13-14,19H,6,12,15-16H2,1-5H3,(H,25,28)/t19-/m1/s1. The number of nitrogens with zero attached hydrogens (tertiary/aromatic N) is 1. The van der Waals surface area contributed by atoms with E-state index in [1.165, 1.54) is 0 Å². The average Bonchev–Trinajstić information content (AvgIpc) is 2.72. The highest BCUT2D eigenvalue weighted by atomic mass is 16.5. The lowest BCUT2D eigenvalue weighted by atomic mass is 10.0. The van der Waals surface area contributed by atoms with E-state index in [-0.39, 0.29) is 18.2 Å². The summed E-state index contributed by atoms with van der Waals surface area (Å²) >= 11 is 0. The van der Waals surface area contributed by atoms with Gasteiger partial charge in [0.2, 0.25) is 11.8 Å². The zero-order valence-corrected chi connectivity index (χ0v) is 18.1. The van der Waals surface area contributed by atoms with Gasteiger partial charge >= 0.3 is 0 Å². The largest absolute Gasteiger partial charge is 0.497 e. The first-order valence-corrected chi connectivity index (χ1v) is 10.1. The number of rotatable bonds is 9. The fourth-order valence-corrected chi connectivity index (χ4v) is 3.20. The molecule has 0 aliphatic rings. The van der Waals surface area contributed by atoms with Crippen molar-refractivity contribution < 1.29 is 14.3 Å². The summed E-state index contributed by atoms with van der Waals surface area (Å²) in [6, 6.07) is 13.1. The molecule has 2 aromatic carbocycles. The van der Waals surface area contributed by atoms with Crippen LogP contribution < -0.4 is 10.1 Å². The molecule has 0 aromatic heterocycles. The molecule has 0 spiro atoms. The second kappa shape index (κ2) is 10.6. The van der Waals surface area contributed by atoms with E-state index in [9.17, 15) is 9.59 Å². The molecule has 2 rings (SSSR count). The van der Waals surface area contributed by atoms with Crippen molar-refractivity contribution >= 4 is 11.8 Å². The van der Waals surface area contributed by atoms with E-state index in [1.807, 2.05) is 63.2 Å². The number of hydrogen-bond acceptors (Lipinski definition) is 3. The van der Waals surface area contributed by atoms with Gasteiger partial charge in [-0.1, -0.05) is 42.8 Å². The summed E-state index contributed by atoms with van der Waals surface area (Å²) in [6.45, 7) is 8.76. The van der Waals surface area contributed by atoms with Gasteiger partial charge < -0.3 is 15.0 Å². The van der Waals surface area contributed by atoms with Crippen molar-refractivity contribution in [1.82, 2.24) is 10.2 Å². The Morgan fingerprint density at radius 3 is 2.59 bits per heavy atom.